The van der Waals surface area contributed by atoms with Crippen molar-refractivity contribution in [2.45, 2.75) is 42.7 Å². The predicted octanol–water partition coefficient (Wildman–Crippen LogP) is 3.78. The van der Waals surface area contributed by atoms with Gasteiger partial charge in [0.15, 0.2) is 0 Å². The summed E-state index contributed by atoms with van der Waals surface area (Å²) in [6.07, 6.45) is 1.92. The van der Waals surface area contributed by atoms with Gasteiger partial charge >= 0.3 is 6.09 Å². The molecule has 4 rings (SSSR count). The van der Waals surface area contributed by atoms with E-state index in [1.165, 1.54) is 4.31 Å². The molecular weight excluding hydrogens is 502 g/mol. The van der Waals surface area contributed by atoms with Gasteiger partial charge in [-0.3, -0.25) is 4.79 Å². The molecule has 8 nitrogen and oxygen atoms in total. The van der Waals surface area contributed by atoms with Crippen LogP contribution < -0.4 is 5.32 Å². The smallest absolute Gasteiger partial charge is 0.407 e. The minimum Gasteiger partial charge on any atom is -0.448 e. The molecular formula is C26H32ClN3O5S. The highest BCUT2D eigenvalue weighted by atomic mass is 35.5. The first-order valence-electron chi connectivity index (χ1n) is 12.3. The fourth-order valence-corrected chi connectivity index (χ4v) is 6.77. The molecule has 0 aliphatic carbocycles. The number of piperidine rings is 2. The zero-order chi connectivity index (χ0) is 25.5. The summed E-state index contributed by atoms with van der Waals surface area (Å²) < 4.78 is 33.8. The number of nitrogens with one attached hydrogen (secondary N) is 1. The van der Waals surface area contributed by atoms with Crippen LogP contribution in [0.3, 0.4) is 0 Å². The zero-order valence-corrected chi connectivity index (χ0v) is 21.7. The zero-order valence-electron chi connectivity index (χ0n) is 20.1. The third-order valence-corrected chi connectivity index (χ3v) is 8.90. The lowest BCUT2D eigenvalue weighted by Gasteiger charge is -2.41. The second kappa shape index (κ2) is 12.1. The van der Waals surface area contributed by atoms with Gasteiger partial charge in [-0.15, -0.1) is 11.6 Å². The van der Waals surface area contributed by atoms with E-state index in [-0.39, 0.29) is 41.9 Å². The predicted molar refractivity (Wildman–Crippen MR) is 137 cm³/mol. The van der Waals surface area contributed by atoms with Gasteiger partial charge in [0.1, 0.15) is 6.61 Å². The SMILES string of the molecule is O=C(NC1CCN(C(=O)C2CCC(c3ccccc3)N(S(=O)(=O)c3ccccc3)C2)CC1)OCCCl. The van der Waals surface area contributed by atoms with Crippen LogP contribution >= 0.6 is 11.6 Å². The van der Waals surface area contributed by atoms with Gasteiger partial charge in [0.2, 0.25) is 15.9 Å². The van der Waals surface area contributed by atoms with Gasteiger partial charge in [0, 0.05) is 25.7 Å². The van der Waals surface area contributed by atoms with Crippen LogP contribution in [0.4, 0.5) is 4.79 Å². The van der Waals surface area contributed by atoms with Gasteiger partial charge < -0.3 is 15.0 Å². The van der Waals surface area contributed by atoms with E-state index in [0.717, 1.165) is 5.56 Å². The third-order valence-electron chi connectivity index (χ3n) is 6.86. The van der Waals surface area contributed by atoms with Gasteiger partial charge in [-0.1, -0.05) is 48.5 Å². The van der Waals surface area contributed by atoms with Crippen molar-refractivity contribution in [2.75, 3.05) is 32.1 Å². The minimum absolute atomic E-state index is 0.0297. The fraction of sp³-hybridized carbons (Fsp3) is 0.462. The summed E-state index contributed by atoms with van der Waals surface area (Å²) in [7, 11) is -3.79. The molecule has 0 bridgehead atoms. The standard InChI is InChI=1S/C26H32ClN3O5S/c27-15-18-35-26(32)28-22-13-16-29(17-14-22)25(31)21-11-12-24(20-7-3-1-4-8-20)30(19-21)36(33,34)23-9-5-2-6-10-23/h1-10,21-22,24H,11-19H2,(H,28,32). The first-order chi connectivity index (χ1) is 17.4. The molecule has 2 fully saturated rings. The number of amides is 2. The van der Waals surface area contributed by atoms with Crippen molar-refractivity contribution < 1.29 is 22.7 Å². The number of rotatable bonds is 7. The molecule has 0 saturated carbocycles. The molecule has 2 aromatic rings. The van der Waals surface area contributed by atoms with Crippen LogP contribution in [0.2, 0.25) is 0 Å². The fourth-order valence-electron chi connectivity index (χ4n) is 4.98. The average Bonchev–Trinajstić information content (AvgIpc) is 2.92. The number of alkyl halides is 1. The maximum atomic E-state index is 13.7. The molecule has 2 aliphatic rings. The van der Waals surface area contributed by atoms with Gasteiger partial charge in [-0.25, -0.2) is 13.2 Å². The Kier molecular flexibility index (Phi) is 8.87. The minimum atomic E-state index is -3.79. The largest absolute Gasteiger partial charge is 0.448 e. The molecule has 2 amide bonds. The number of alkyl carbamates (subject to hydrolysis) is 1. The first kappa shape index (κ1) is 26.4. The van der Waals surface area contributed by atoms with E-state index in [9.17, 15) is 18.0 Å². The molecule has 0 aromatic heterocycles. The van der Waals surface area contributed by atoms with E-state index in [1.54, 1.807) is 35.2 Å². The Morgan fingerprint density at radius 2 is 1.58 bits per heavy atom. The van der Waals surface area contributed by atoms with Crippen LogP contribution in [-0.2, 0) is 19.6 Å². The molecule has 2 aromatic carbocycles. The van der Waals surface area contributed by atoms with Crippen LogP contribution in [-0.4, -0.2) is 67.8 Å². The van der Waals surface area contributed by atoms with Crippen LogP contribution in [0.25, 0.3) is 0 Å². The summed E-state index contributed by atoms with van der Waals surface area (Å²) in [5.74, 6) is -0.205. The number of halogens is 1. The van der Waals surface area contributed by atoms with Crippen molar-refractivity contribution in [3.63, 3.8) is 0 Å². The number of nitrogens with zero attached hydrogens (tertiary/aromatic N) is 2. The number of hydrogen-bond donors (Lipinski definition) is 1. The Morgan fingerprint density at radius 3 is 2.22 bits per heavy atom. The average molecular weight is 534 g/mol. The number of hydrogen-bond acceptors (Lipinski definition) is 5. The molecule has 0 spiro atoms. The van der Waals surface area contributed by atoms with Crippen LogP contribution in [0, 0.1) is 5.92 Å². The van der Waals surface area contributed by atoms with Crippen molar-refractivity contribution in [1.82, 2.24) is 14.5 Å². The van der Waals surface area contributed by atoms with E-state index < -0.39 is 22.0 Å². The lowest BCUT2D eigenvalue weighted by atomic mass is 9.89. The molecule has 194 valence electrons. The summed E-state index contributed by atoms with van der Waals surface area (Å²) in [5.41, 5.74) is 0.927. The van der Waals surface area contributed by atoms with Crippen LogP contribution in [0.15, 0.2) is 65.6 Å². The van der Waals surface area contributed by atoms with Crippen molar-refractivity contribution in [1.29, 1.82) is 0 Å². The molecule has 2 atom stereocenters. The molecule has 1 N–H and O–H groups in total. The van der Waals surface area contributed by atoms with Gasteiger partial charge in [0.25, 0.3) is 0 Å². The highest BCUT2D eigenvalue weighted by Gasteiger charge is 2.41. The highest BCUT2D eigenvalue weighted by molar-refractivity contribution is 7.89. The summed E-state index contributed by atoms with van der Waals surface area (Å²) >= 11 is 5.54. The van der Waals surface area contributed by atoms with Crippen molar-refractivity contribution in [3.05, 3.63) is 66.2 Å². The number of sulfonamides is 1. The second-order valence-corrected chi connectivity index (χ2v) is 11.4. The lowest BCUT2D eigenvalue weighted by Crippen LogP contribution is -2.51. The molecule has 2 unspecified atom stereocenters. The normalized spacial score (nSPS) is 21.6. The molecule has 10 heteroatoms. The van der Waals surface area contributed by atoms with Crippen molar-refractivity contribution in [3.8, 4) is 0 Å². The molecule has 2 heterocycles. The Morgan fingerprint density at radius 1 is 0.944 bits per heavy atom. The maximum absolute atomic E-state index is 13.7. The Labute approximate surface area is 217 Å². The first-order valence-corrected chi connectivity index (χ1v) is 14.3. The summed E-state index contributed by atoms with van der Waals surface area (Å²) in [4.78, 5) is 27.3. The van der Waals surface area contributed by atoms with Crippen LogP contribution in [0.1, 0.15) is 37.3 Å². The number of carbonyl (C=O) groups is 2. The number of benzene rings is 2. The van der Waals surface area contributed by atoms with E-state index in [1.807, 2.05) is 30.3 Å². The number of likely N-dealkylation sites (tertiary alicyclic amines) is 1. The lowest BCUT2D eigenvalue weighted by molar-refractivity contribution is -0.138. The quantitative estimate of drug-likeness (QED) is 0.546. The van der Waals surface area contributed by atoms with Crippen LogP contribution in [0.5, 0.6) is 0 Å². The monoisotopic (exact) mass is 533 g/mol. The van der Waals surface area contributed by atoms with E-state index in [2.05, 4.69) is 5.32 Å². The summed E-state index contributed by atoms with van der Waals surface area (Å²) in [6.45, 7) is 1.30. The number of ether oxygens (including phenoxy) is 1. The highest BCUT2D eigenvalue weighted by Crippen LogP contribution is 2.38. The Balaban J connectivity index is 1.45. The molecule has 36 heavy (non-hydrogen) atoms. The van der Waals surface area contributed by atoms with Crippen molar-refractivity contribution >= 4 is 33.6 Å². The van der Waals surface area contributed by atoms with E-state index >= 15 is 0 Å². The third kappa shape index (κ3) is 6.19. The number of carbonyl (C=O) groups excluding carboxylic acids is 2. The Bertz CT molecular complexity index is 1120. The van der Waals surface area contributed by atoms with Crippen molar-refractivity contribution in [2.24, 2.45) is 5.92 Å². The summed E-state index contributed by atoms with van der Waals surface area (Å²) in [6, 6.07) is 17.6. The van der Waals surface area contributed by atoms with Gasteiger partial charge in [0.05, 0.1) is 22.7 Å². The summed E-state index contributed by atoms with van der Waals surface area (Å²) in [5, 5.41) is 2.82. The maximum Gasteiger partial charge on any atom is 0.407 e. The van der Waals surface area contributed by atoms with E-state index in [4.69, 9.17) is 16.3 Å². The van der Waals surface area contributed by atoms with E-state index in [0.29, 0.717) is 38.8 Å². The molecule has 2 aliphatic heterocycles. The second-order valence-electron chi connectivity index (χ2n) is 9.16. The van der Waals surface area contributed by atoms with Gasteiger partial charge in [-0.05, 0) is 43.4 Å². The molecule has 2 saturated heterocycles. The Hall–Kier alpha value is -2.62. The molecule has 0 radical (unpaired) electrons. The topological polar surface area (TPSA) is 96.0 Å². The van der Waals surface area contributed by atoms with Gasteiger partial charge in [-0.2, -0.15) is 4.31 Å².